The highest BCUT2D eigenvalue weighted by Gasteiger charge is 2.24. The average Bonchev–Trinajstić information content (AvgIpc) is 3.18. The van der Waals surface area contributed by atoms with E-state index in [4.69, 9.17) is 0 Å². The number of carbonyl (C=O) groups is 1. The zero-order valence-corrected chi connectivity index (χ0v) is 19.3. The number of anilines is 1. The molecule has 0 aliphatic carbocycles. The lowest BCUT2D eigenvalue weighted by Gasteiger charge is -2.34. The molecule has 6 nitrogen and oxygen atoms in total. The second-order valence-electron chi connectivity index (χ2n) is 7.26. The van der Waals surface area contributed by atoms with E-state index in [1.54, 1.807) is 23.9 Å². The van der Waals surface area contributed by atoms with E-state index < -0.39 is 9.84 Å². The quantitative estimate of drug-likeness (QED) is 0.543. The van der Waals surface area contributed by atoms with Crippen LogP contribution in [-0.2, 0) is 21.1 Å². The Morgan fingerprint density at radius 2 is 1.80 bits per heavy atom. The van der Waals surface area contributed by atoms with Gasteiger partial charge in [0.25, 0.3) is 0 Å². The smallest absolute Gasteiger partial charge is 0.227 e. The Kier molecular flexibility index (Phi) is 6.04. The third kappa shape index (κ3) is 4.48. The van der Waals surface area contributed by atoms with Crippen LogP contribution in [0.2, 0.25) is 0 Å². The number of carbonyl (C=O) groups excluding carboxylic acids is 1. The molecule has 0 saturated carbocycles. The molecule has 0 atom stereocenters. The molecule has 1 amide bonds. The largest absolute Gasteiger partial charge is 0.345 e. The number of fused-ring (bicyclic) bond motifs is 1. The van der Waals surface area contributed by atoms with Gasteiger partial charge in [-0.15, -0.1) is 11.8 Å². The van der Waals surface area contributed by atoms with Crippen LogP contribution in [-0.4, -0.2) is 62.9 Å². The normalized spacial score (nSPS) is 15.0. The highest BCUT2D eigenvalue weighted by Crippen LogP contribution is 2.33. The molecule has 4 rings (SSSR count). The molecule has 0 radical (unpaired) electrons. The number of aromatic nitrogens is 1. The summed E-state index contributed by atoms with van der Waals surface area (Å²) in [5.41, 5.74) is 1.56. The molecule has 9 heteroatoms. The van der Waals surface area contributed by atoms with E-state index in [-0.39, 0.29) is 10.8 Å². The van der Waals surface area contributed by atoms with Crippen molar-refractivity contribution in [3.63, 3.8) is 0 Å². The molecule has 1 aliphatic heterocycles. The fourth-order valence-electron chi connectivity index (χ4n) is 3.52. The van der Waals surface area contributed by atoms with Crippen LogP contribution < -0.4 is 4.90 Å². The van der Waals surface area contributed by atoms with Gasteiger partial charge in [-0.05, 0) is 36.1 Å². The van der Waals surface area contributed by atoms with Crippen molar-refractivity contribution in [2.45, 2.75) is 16.2 Å². The highest BCUT2D eigenvalue weighted by atomic mass is 32.2. The van der Waals surface area contributed by atoms with E-state index in [1.807, 2.05) is 41.5 Å². The Bertz CT molecular complexity index is 1170. The van der Waals surface area contributed by atoms with Crippen LogP contribution in [0.4, 0.5) is 5.13 Å². The molecule has 1 aromatic heterocycles. The Balaban J connectivity index is 1.42. The summed E-state index contributed by atoms with van der Waals surface area (Å²) in [5, 5.41) is 0.806. The van der Waals surface area contributed by atoms with E-state index in [0.29, 0.717) is 38.1 Å². The van der Waals surface area contributed by atoms with Gasteiger partial charge in [-0.3, -0.25) is 4.79 Å². The topological polar surface area (TPSA) is 70.6 Å². The number of thiazole rings is 1. The first-order chi connectivity index (χ1) is 14.3. The minimum absolute atomic E-state index is 0.134. The minimum atomic E-state index is -3.33. The van der Waals surface area contributed by atoms with Crippen LogP contribution in [0.5, 0.6) is 0 Å². The van der Waals surface area contributed by atoms with Crippen molar-refractivity contribution < 1.29 is 13.2 Å². The predicted octanol–water partition coefficient (Wildman–Crippen LogP) is 3.31. The number of sulfone groups is 1. The Hall–Kier alpha value is -2.10. The number of nitrogens with zero attached hydrogens (tertiary/aromatic N) is 3. The molecule has 0 N–H and O–H groups in total. The zero-order chi connectivity index (χ0) is 21.3. The molecule has 30 heavy (non-hydrogen) atoms. The van der Waals surface area contributed by atoms with Gasteiger partial charge in [-0.25, -0.2) is 13.4 Å². The van der Waals surface area contributed by atoms with Gasteiger partial charge < -0.3 is 9.80 Å². The van der Waals surface area contributed by atoms with E-state index in [2.05, 4.69) is 9.88 Å². The van der Waals surface area contributed by atoms with E-state index in [9.17, 15) is 13.2 Å². The van der Waals surface area contributed by atoms with Gasteiger partial charge in [-0.2, -0.15) is 0 Å². The fraction of sp³-hybridized carbons (Fsp3) is 0.333. The van der Waals surface area contributed by atoms with Gasteiger partial charge in [0.2, 0.25) is 5.91 Å². The van der Waals surface area contributed by atoms with Gasteiger partial charge in [0.1, 0.15) is 5.52 Å². The molecule has 158 valence electrons. The summed E-state index contributed by atoms with van der Waals surface area (Å²) in [6.45, 7) is 2.64. The van der Waals surface area contributed by atoms with Crippen LogP contribution in [0.1, 0.15) is 5.56 Å². The maximum atomic E-state index is 12.7. The standard InChI is InChI=1S/C21H23N3O3S3/c1-28-16-8-6-15(7-9-16)14-19(25)23-10-12-24(13-11-23)21-22-20-17(29-21)4-3-5-18(20)30(2,26)27/h3-9H,10-14H2,1-2H3. The molecular formula is C21H23N3O3S3. The lowest BCUT2D eigenvalue weighted by atomic mass is 10.1. The SMILES string of the molecule is CSc1ccc(CC(=O)N2CCN(c3nc4c(S(C)(=O)=O)cccc4s3)CC2)cc1. The van der Waals surface area contributed by atoms with Gasteiger partial charge in [0.15, 0.2) is 15.0 Å². The molecule has 1 saturated heterocycles. The molecule has 0 spiro atoms. The Morgan fingerprint density at radius 1 is 1.10 bits per heavy atom. The number of piperazine rings is 1. The van der Waals surface area contributed by atoms with Crippen LogP contribution in [0.3, 0.4) is 0 Å². The summed E-state index contributed by atoms with van der Waals surface area (Å²) < 4.78 is 24.9. The van der Waals surface area contributed by atoms with Crippen molar-refractivity contribution in [2.75, 3.05) is 43.6 Å². The maximum Gasteiger partial charge on any atom is 0.227 e. The molecular weight excluding hydrogens is 438 g/mol. The van der Waals surface area contributed by atoms with Crippen LogP contribution in [0, 0.1) is 0 Å². The highest BCUT2D eigenvalue weighted by molar-refractivity contribution is 7.98. The van der Waals surface area contributed by atoms with Crippen molar-refractivity contribution in [1.82, 2.24) is 9.88 Å². The fourth-order valence-corrected chi connectivity index (χ4v) is 5.87. The maximum absolute atomic E-state index is 12.7. The van der Waals surface area contributed by atoms with Crippen LogP contribution >= 0.6 is 23.1 Å². The lowest BCUT2D eigenvalue weighted by Crippen LogP contribution is -2.49. The Morgan fingerprint density at radius 3 is 2.43 bits per heavy atom. The minimum Gasteiger partial charge on any atom is -0.345 e. The number of hydrogen-bond acceptors (Lipinski definition) is 7. The molecule has 0 unspecified atom stereocenters. The van der Waals surface area contributed by atoms with Gasteiger partial charge in [-0.1, -0.05) is 29.5 Å². The van der Waals surface area contributed by atoms with Crippen LogP contribution in [0.25, 0.3) is 10.2 Å². The van der Waals surface area contributed by atoms with Crippen molar-refractivity contribution in [3.8, 4) is 0 Å². The van der Waals surface area contributed by atoms with Gasteiger partial charge >= 0.3 is 0 Å². The monoisotopic (exact) mass is 461 g/mol. The first-order valence-corrected chi connectivity index (χ1v) is 13.5. The van der Waals surface area contributed by atoms with E-state index in [0.717, 1.165) is 15.4 Å². The molecule has 1 aliphatic rings. The predicted molar refractivity (Wildman–Crippen MR) is 123 cm³/mol. The summed E-state index contributed by atoms with van der Waals surface area (Å²) in [4.78, 5) is 22.8. The summed E-state index contributed by atoms with van der Waals surface area (Å²) in [5.74, 6) is 0.134. The van der Waals surface area contributed by atoms with Gasteiger partial charge in [0.05, 0.1) is 16.0 Å². The summed E-state index contributed by atoms with van der Waals surface area (Å²) >= 11 is 3.18. The van der Waals surface area contributed by atoms with Crippen molar-refractivity contribution in [1.29, 1.82) is 0 Å². The average molecular weight is 462 g/mol. The van der Waals surface area contributed by atoms with Crippen molar-refractivity contribution in [3.05, 3.63) is 48.0 Å². The van der Waals surface area contributed by atoms with E-state index >= 15 is 0 Å². The number of rotatable bonds is 5. The number of amides is 1. The molecule has 1 fully saturated rings. The molecule has 0 bridgehead atoms. The first-order valence-electron chi connectivity index (χ1n) is 9.60. The second kappa shape index (κ2) is 8.56. The van der Waals surface area contributed by atoms with Crippen LogP contribution in [0.15, 0.2) is 52.3 Å². The molecule has 2 heterocycles. The van der Waals surface area contributed by atoms with Crippen molar-refractivity contribution in [2.24, 2.45) is 0 Å². The zero-order valence-electron chi connectivity index (χ0n) is 16.9. The van der Waals surface area contributed by atoms with Gasteiger partial charge in [0, 0.05) is 37.3 Å². The second-order valence-corrected chi connectivity index (χ2v) is 11.1. The first kappa shape index (κ1) is 21.1. The van der Waals surface area contributed by atoms with Crippen molar-refractivity contribution >= 4 is 54.2 Å². The van der Waals surface area contributed by atoms with E-state index in [1.165, 1.54) is 22.5 Å². The summed E-state index contributed by atoms with van der Waals surface area (Å²) in [7, 11) is -3.33. The summed E-state index contributed by atoms with van der Waals surface area (Å²) in [6, 6.07) is 13.4. The number of benzene rings is 2. The third-order valence-corrected chi connectivity index (χ3v) is 8.14. The molecule has 2 aromatic carbocycles. The number of para-hydroxylation sites is 1. The summed E-state index contributed by atoms with van der Waals surface area (Å²) in [6.07, 6.45) is 3.65. The Labute approximate surface area is 184 Å². The number of thioether (sulfide) groups is 1. The number of hydrogen-bond donors (Lipinski definition) is 0. The lowest BCUT2D eigenvalue weighted by molar-refractivity contribution is -0.130. The third-order valence-electron chi connectivity index (χ3n) is 5.19. The molecule has 3 aromatic rings.